The molecule has 0 aliphatic rings. The van der Waals surface area contributed by atoms with Crippen LogP contribution in [0.2, 0.25) is 0 Å². The predicted molar refractivity (Wildman–Crippen MR) is 92.8 cm³/mol. The van der Waals surface area contributed by atoms with Crippen molar-refractivity contribution < 1.29 is 8.42 Å². The Morgan fingerprint density at radius 2 is 1.75 bits per heavy atom. The molecular weight excluding hydrogens is 326 g/mol. The highest BCUT2D eigenvalue weighted by Gasteiger charge is 2.22. The maximum absolute atomic E-state index is 12.5. The van der Waals surface area contributed by atoms with Crippen LogP contribution in [-0.2, 0) is 10.0 Å². The van der Waals surface area contributed by atoms with Gasteiger partial charge in [-0.2, -0.15) is 5.10 Å². The molecule has 0 amide bonds. The summed E-state index contributed by atoms with van der Waals surface area (Å²) in [5, 5.41) is 9.76. The van der Waals surface area contributed by atoms with E-state index in [0.29, 0.717) is 11.4 Å². The first-order valence-corrected chi connectivity index (χ1v) is 8.76. The Labute approximate surface area is 140 Å². The van der Waals surface area contributed by atoms with Crippen LogP contribution in [0.5, 0.6) is 0 Å². The third-order valence-electron chi connectivity index (χ3n) is 3.39. The third-order valence-corrected chi connectivity index (χ3v) is 5.01. The van der Waals surface area contributed by atoms with E-state index in [1.807, 2.05) is 30.3 Å². The lowest BCUT2D eigenvalue weighted by molar-refractivity contribution is 0.600. The van der Waals surface area contributed by atoms with E-state index in [1.165, 1.54) is 0 Å². The minimum Gasteiger partial charge on any atom is -0.354 e. The van der Waals surface area contributed by atoms with Gasteiger partial charge in [0.25, 0.3) is 10.0 Å². The number of aryl methyl sites for hydroxylation is 2. The highest BCUT2D eigenvalue weighted by Crippen LogP contribution is 2.21. The summed E-state index contributed by atoms with van der Waals surface area (Å²) >= 11 is 0. The Hall–Kier alpha value is -2.87. The number of H-pyrrole nitrogens is 1. The van der Waals surface area contributed by atoms with E-state index in [0.717, 1.165) is 11.4 Å². The summed E-state index contributed by atoms with van der Waals surface area (Å²) < 4.78 is 27.4. The number of anilines is 3. The van der Waals surface area contributed by atoms with Gasteiger partial charge in [-0.3, -0.25) is 9.82 Å². The Kier molecular flexibility index (Phi) is 4.22. The van der Waals surface area contributed by atoms with Crippen LogP contribution in [0, 0.1) is 13.8 Å². The number of benzene rings is 1. The third kappa shape index (κ3) is 3.38. The number of hydrogen-bond donors (Lipinski definition) is 3. The summed E-state index contributed by atoms with van der Waals surface area (Å²) in [6, 6.07) is 13.0. The molecular formula is C16H17N5O2S. The van der Waals surface area contributed by atoms with Crippen molar-refractivity contribution in [3.63, 3.8) is 0 Å². The van der Waals surface area contributed by atoms with Gasteiger partial charge in [-0.25, -0.2) is 13.4 Å². The zero-order valence-electron chi connectivity index (χ0n) is 13.2. The van der Waals surface area contributed by atoms with Gasteiger partial charge in [0.2, 0.25) is 0 Å². The monoisotopic (exact) mass is 343 g/mol. The van der Waals surface area contributed by atoms with Crippen LogP contribution in [0.1, 0.15) is 11.4 Å². The Morgan fingerprint density at radius 3 is 2.33 bits per heavy atom. The lowest BCUT2D eigenvalue weighted by Gasteiger charge is -2.09. The van der Waals surface area contributed by atoms with Crippen molar-refractivity contribution in [3.8, 4) is 0 Å². The normalized spacial score (nSPS) is 11.2. The summed E-state index contributed by atoms with van der Waals surface area (Å²) in [5.74, 6) is 0.244. The number of hydrogen-bond acceptors (Lipinski definition) is 5. The van der Waals surface area contributed by atoms with E-state index in [2.05, 4.69) is 25.2 Å². The van der Waals surface area contributed by atoms with Crippen molar-refractivity contribution in [1.29, 1.82) is 0 Å². The van der Waals surface area contributed by atoms with E-state index in [4.69, 9.17) is 0 Å². The van der Waals surface area contributed by atoms with E-state index in [-0.39, 0.29) is 10.7 Å². The minimum atomic E-state index is -3.73. The Morgan fingerprint density at radius 1 is 1.00 bits per heavy atom. The molecule has 3 aromatic rings. The van der Waals surface area contributed by atoms with Gasteiger partial charge in [0.05, 0.1) is 23.3 Å². The van der Waals surface area contributed by atoms with Gasteiger partial charge in [0.15, 0.2) is 0 Å². The molecule has 0 unspecified atom stereocenters. The summed E-state index contributed by atoms with van der Waals surface area (Å²) in [6.45, 7) is 3.30. The summed E-state index contributed by atoms with van der Waals surface area (Å²) in [5.41, 5.74) is 2.60. The number of pyridine rings is 1. The zero-order valence-corrected chi connectivity index (χ0v) is 14.1. The lowest BCUT2D eigenvalue weighted by atomic mass is 10.3. The highest BCUT2D eigenvalue weighted by atomic mass is 32.2. The first kappa shape index (κ1) is 16.0. The van der Waals surface area contributed by atoms with Gasteiger partial charge >= 0.3 is 0 Å². The SMILES string of the molecule is Cc1n[nH]c(C)c1S(=O)(=O)Nc1ccc(Nc2ccccc2)cn1. The molecule has 0 fully saturated rings. The number of rotatable bonds is 5. The smallest absolute Gasteiger partial charge is 0.266 e. The molecule has 0 radical (unpaired) electrons. The largest absolute Gasteiger partial charge is 0.354 e. The molecule has 0 atom stereocenters. The fraction of sp³-hybridized carbons (Fsp3) is 0.125. The second-order valence-electron chi connectivity index (χ2n) is 5.29. The second-order valence-corrected chi connectivity index (χ2v) is 6.91. The maximum Gasteiger partial charge on any atom is 0.266 e. The lowest BCUT2D eigenvalue weighted by Crippen LogP contribution is -2.15. The molecule has 124 valence electrons. The van der Waals surface area contributed by atoms with Crippen molar-refractivity contribution in [3.05, 3.63) is 60.0 Å². The fourth-order valence-electron chi connectivity index (χ4n) is 2.34. The van der Waals surface area contributed by atoms with E-state index in [1.54, 1.807) is 32.2 Å². The van der Waals surface area contributed by atoms with Gasteiger partial charge in [-0.1, -0.05) is 18.2 Å². The van der Waals surface area contributed by atoms with Crippen molar-refractivity contribution in [2.75, 3.05) is 10.0 Å². The average molecular weight is 343 g/mol. The number of para-hydroxylation sites is 1. The maximum atomic E-state index is 12.5. The zero-order chi connectivity index (χ0) is 17.2. The van der Waals surface area contributed by atoms with Crippen LogP contribution in [0.3, 0.4) is 0 Å². The summed E-state index contributed by atoms with van der Waals surface area (Å²) in [4.78, 5) is 4.29. The fourth-order valence-corrected chi connectivity index (χ4v) is 3.72. The molecule has 7 nitrogen and oxygen atoms in total. The number of nitrogens with one attached hydrogen (secondary N) is 3. The number of sulfonamides is 1. The van der Waals surface area contributed by atoms with Gasteiger partial charge in [-0.15, -0.1) is 0 Å². The average Bonchev–Trinajstić information content (AvgIpc) is 2.90. The molecule has 0 saturated heterocycles. The molecule has 2 aromatic heterocycles. The molecule has 3 N–H and O–H groups in total. The molecule has 24 heavy (non-hydrogen) atoms. The first-order chi connectivity index (χ1) is 11.5. The standard InChI is InChI=1S/C16H17N5O2S/c1-11-16(12(2)20-19-11)24(22,23)21-15-9-8-14(10-17-15)18-13-6-4-3-5-7-13/h3-10,18H,1-2H3,(H,17,21)(H,19,20). The number of aromatic nitrogens is 3. The van der Waals surface area contributed by atoms with Crippen molar-refractivity contribution in [2.45, 2.75) is 18.7 Å². The number of nitrogens with zero attached hydrogens (tertiary/aromatic N) is 2. The predicted octanol–water partition coefficient (Wildman–Crippen LogP) is 2.97. The molecule has 0 aliphatic carbocycles. The second kappa shape index (κ2) is 6.32. The topological polar surface area (TPSA) is 99.8 Å². The Bertz CT molecular complexity index is 915. The van der Waals surface area contributed by atoms with Crippen LogP contribution >= 0.6 is 0 Å². The number of aromatic amines is 1. The summed E-state index contributed by atoms with van der Waals surface area (Å²) in [7, 11) is -3.73. The molecule has 2 heterocycles. The molecule has 0 aliphatic heterocycles. The van der Waals surface area contributed by atoms with Gasteiger partial charge in [0.1, 0.15) is 10.7 Å². The molecule has 1 aromatic carbocycles. The van der Waals surface area contributed by atoms with Crippen molar-refractivity contribution in [1.82, 2.24) is 15.2 Å². The highest BCUT2D eigenvalue weighted by molar-refractivity contribution is 7.92. The molecule has 0 saturated carbocycles. The van der Waals surface area contributed by atoms with Crippen LogP contribution in [0.25, 0.3) is 0 Å². The molecule has 8 heteroatoms. The van der Waals surface area contributed by atoms with E-state index in [9.17, 15) is 8.42 Å². The summed E-state index contributed by atoms with van der Waals surface area (Å²) in [6.07, 6.45) is 1.57. The van der Waals surface area contributed by atoms with E-state index >= 15 is 0 Å². The van der Waals surface area contributed by atoms with Crippen LogP contribution in [0.4, 0.5) is 17.2 Å². The quantitative estimate of drug-likeness (QED) is 0.661. The van der Waals surface area contributed by atoms with Gasteiger partial charge in [-0.05, 0) is 38.1 Å². The van der Waals surface area contributed by atoms with Crippen LogP contribution < -0.4 is 10.0 Å². The minimum absolute atomic E-state index is 0.149. The van der Waals surface area contributed by atoms with Crippen LogP contribution in [-0.4, -0.2) is 23.6 Å². The van der Waals surface area contributed by atoms with Gasteiger partial charge < -0.3 is 5.32 Å². The first-order valence-electron chi connectivity index (χ1n) is 7.28. The van der Waals surface area contributed by atoms with Crippen molar-refractivity contribution >= 4 is 27.2 Å². The van der Waals surface area contributed by atoms with Crippen LogP contribution in [0.15, 0.2) is 53.6 Å². The molecule has 0 spiro atoms. The van der Waals surface area contributed by atoms with Gasteiger partial charge in [0, 0.05) is 5.69 Å². The molecule has 3 rings (SSSR count). The Balaban J connectivity index is 1.77. The van der Waals surface area contributed by atoms with Crippen molar-refractivity contribution in [2.24, 2.45) is 0 Å². The molecule has 0 bridgehead atoms. The van der Waals surface area contributed by atoms with E-state index < -0.39 is 10.0 Å².